The Morgan fingerprint density at radius 2 is 0.746 bits per heavy atom. The zero-order valence-electron chi connectivity index (χ0n) is 33.9. The van der Waals surface area contributed by atoms with E-state index in [1.165, 1.54) is 43.4 Å². The van der Waals surface area contributed by atoms with Crippen molar-refractivity contribution in [2.75, 3.05) is 4.90 Å². The molecule has 0 unspecified atom stereocenters. The fourth-order valence-electron chi connectivity index (χ4n) is 9.44. The summed E-state index contributed by atoms with van der Waals surface area (Å²) < 4.78 is 12.8. The van der Waals surface area contributed by atoms with E-state index in [1.807, 2.05) is 60.9 Å². The molecule has 0 radical (unpaired) electrons. The lowest BCUT2D eigenvalue weighted by Gasteiger charge is -2.26. The third-order valence-electron chi connectivity index (χ3n) is 12.5. The van der Waals surface area contributed by atoms with Gasteiger partial charge in [0.2, 0.25) is 0 Å². The number of anilines is 3. The summed E-state index contributed by atoms with van der Waals surface area (Å²) in [6.07, 6.45) is 3.73. The molecule has 0 saturated heterocycles. The molecule has 0 amide bonds. The minimum atomic E-state index is 0.790. The Bertz CT molecular complexity index is 3760. The summed E-state index contributed by atoms with van der Waals surface area (Å²) in [6, 6.07) is 70.9. The van der Waals surface area contributed by atoms with E-state index in [9.17, 15) is 0 Å². The molecule has 0 spiro atoms. The van der Waals surface area contributed by atoms with E-state index in [4.69, 9.17) is 18.8 Å². The highest BCUT2D eigenvalue weighted by atomic mass is 16.3. The van der Waals surface area contributed by atoms with Gasteiger partial charge in [-0.2, -0.15) is 0 Å². The number of furan rings is 2. The molecule has 0 atom stereocenters. The second-order valence-corrected chi connectivity index (χ2v) is 16.2. The van der Waals surface area contributed by atoms with E-state index in [0.29, 0.717) is 0 Å². The normalized spacial score (nSPS) is 11.8. The monoisotopic (exact) mass is 805 g/mol. The first kappa shape index (κ1) is 35.2. The second kappa shape index (κ2) is 14.0. The molecule has 0 saturated carbocycles. The molecule has 13 rings (SSSR count). The van der Waals surface area contributed by atoms with Crippen molar-refractivity contribution in [3.8, 4) is 33.6 Å². The molecule has 0 fully saturated rings. The van der Waals surface area contributed by atoms with Gasteiger partial charge in [0.15, 0.2) is 11.2 Å². The van der Waals surface area contributed by atoms with Crippen molar-refractivity contribution in [3.63, 3.8) is 0 Å². The zero-order chi connectivity index (χ0) is 41.4. The Morgan fingerprint density at radius 3 is 1.35 bits per heavy atom. The lowest BCUT2D eigenvalue weighted by Crippen LogP contribution is -2.10. The van der Waals surface area contributed by atoms with Crippen LogP contribution in [0, 0.1) is 0 Å². The van der Waals surface area contributed by atoms with Crippen molar-refractivity contribution < 1.29 is 8.83 Å². The van der Waals surface area contributed by atoms with Crippen LogP contribution < -0.4 is 4.90 Å². The highest BCUT2D eigenvalue weighted by Gasteiger charge is 2.19. The molecule has 0 N–H and O–H groups in total. The van der Waals surface area contributed by atoms with Crippen LogP contribution in [0.2, 0.25) is 0 Å². The lowest BCUT2D eigenvalue weighted by atomic mass is 9.96. The van der Waals surface area contributed by atoms with Crippen LogP contribution in [0.15, 0.2) is 221 Å². The molecule has 4 aromatic heterocycles. The number of rotatable bonds is 6. The Morgan fingerprint density at radius 1 is 0.302 bits per heavy atom. The van der Waals surface area contributed by atoms with Crippen molar-refractivity contribution in [2.24, 2.45) is 0 Å². The number of pyridine rings is 2. The third-order valence-corrected chi connectivity index (χ3v) is 12.5. The summed E-state index contributed by atoms with van der Waals surface area (Å²) in [4.78, 5) is 11.9. The summed E-state index contributed by atoms with van der Waals surface area (Å²) in [7, 11) is 0. The Hall–Kier alpha value is -8.54. The van der Waals surface area contributed by atoms with Crippen LogP contribution in [0.1, 0.15) is 0 Å². The number of aromatic nitrogens is 2. The fourth-order valence-corrected chi connectivity index (χ4v) is 9.44. The average Bonchev–Trinajstić information content (AvgIpc) is 3.93. The predicted octanol–water partition coefficient (Wildman–Crippen LogP) is 16.2. The van der Waals surface area contributed by atoms with Gasteiger partial charge in [-0.3, -0.25) is 9.97 Å². The van der Waals surface area contributed by atoms with E-state index in [0.717, 1.165) is 83.5 Å². The van der Waals surface area contributed by atoms with Gasteiger partial charge in [-0.25, -0.2) is 0 Å². The standard InChI is InChI=1S/C58H35N3O2/c1-2-8-39-33-40(14-13-36(39)7-1)41-21-27-47-42(34-41)15-16-43-35-46(26-28-48(43)47)61(44-22-17-37(18-23-44)55-57-51(29-31-59-55)49-9-3-5-11-53(49)62-57)45-24-19-38(20-25-45)56-58-52(30-32-60-56)50-10-4-6-12-54(50)63-58/h1-35H. The van der Waals surface area contributed by atoms with E-state index in [2.05, 4.69) is 157 Å². The van der Waals surface area contributed by atoms with Gasteiger partial charge in [0, 0.05) is 62.1 Å². The Kier molecular flexibility index (Phi) is 7.84. The smallest absolute Gasteiger partial charge is 0.161 e. The summed E-state index contributed by atoms with van der Waals surface area (Å²) in [5.74, 6) is 0. The molecular formula is C58H35N3O2. The molecule has 5 heteroatoms. The first-order valence-electron chi connectivity index (χ1n) is 21.2. The topological polar surface area (TPSA) is 55.3 Å². The number of benzene rings is 9. The molecule has 0 aliphatic rings. The van der Waals surface area contributed by atoms with Gasteiger partial charge < -0.3 is 13.7 Å². The van der Waals surface area contributed by atoms with Crippen molar-refractivity contribution in [1.29, 1.82) is 0 Å². The van der Waals surface area contributed by atoms with Crippen LogP contribution in [-0.2, 0) is 0 Å². The largest absolute Gasteiger partial charge is 0.454 e. The van der Waals surface area contributed by atoms with E-state index >= 15 is 0 Å². The van der Waals surface area contributed by atoms with Crippen LogP contribution in [-0.4, -0.2) is 9.97 Å². The van der Waals surface area contributed by atoms with Crippen molar-refractivity contribution in [1.82, 2.24) is 9.97 Å². The average molecular weight is 806 g/mol. The maximum Gasteiger partial charge on any atom is 0.161 e. The van der Waals surface area contributed by atoms with Gasteiger partial charge in [0.05, 0.1) is 0 Å². The molecule has 63 heavy (non-hydrogen) atoms. The summed E-state index contributed by atoms with van der Waals surface area (Å²) in [5.41, 5.74) is 12.4. The number of hydrogen-bond donors (Lipinski definition) is 0. The van der Waals surface area contributed by atoms with Crippen LogP contribution in [0.5, 0.6) is 0 Å². The molecular weight excluding hydrogens is 771 g/mol. The first-order valence-corrected chi connectivity index (χ1v) is 21.2. The van der Waals surface area contributed by atoms with E-state index < -0.39 is 0 Å². The van der Waals surface area contributed by atoms with E-state index in [-0.39, 0.29) is 0 Å². The minimum absolute atomic E-state index is 0.790. The fraction of sp³-hybridized carbons (Fsp3) is 0. The molecule has 0 bridgehead atoms. The zero-order valence-corrected chi connectivity index (χ0v) is 33.9. The van der Waals surface area contributed by atoms with E-state index in [1.54, 1.807) is 0 Å². The number of fused-ring (bicyclic) bond motifs is 10. The van der Waals surface area contributed by atoms with Crippen LogP contribution in [0.4, 0.5) is 17.1 Å². The predicted molar refractivity (Wildman–Crippen MR) is 260 cm³/mol. The summed E-state index contributed by atoms with van der Waals surface area (Å²) >= 11 is 0. The summed E-state index contributed by atoms with van der Waals surface area (Å²) in [5, 5.41) is 11.6. The SMILES string of the molecule is c1ccc2cc(-c3ccc4c(ccc5cc(N(c6ccc(-c7nccc8c7oc7ccccc78)cc6)c6ccc(-c7nccc8c7oc7ccccc78)cc6)ccc54)c3)ccc2c1. The third kappa shape index (κ3) is 5.78. The highest BCUT2D eigenvalue weighted by molar-refractivity contribution is 6.11. The second-order valence-electron chi connectivity index (χ2n) is 16.2. The molecule has 294 valence electrons. The maximum atomic E-state index is 6.38. The Labute approximate surface area is 361 Å². The van der Waals surface area contributed by atoms with Crippen LogP contribution >= 0.6 is 0 Å². The highest BCUT2D eigenvalue weighted by Crippen LogP contribution is 2.42. The summed E-state index contributed by atoms with van der Waals surface area (Å²) in [6.45, 7) is 0. The van der Waals surface area contributed by atoms with Gasteiger partial charge >= 0.3 is 0 Å². The first-order chi connectivity index (χ1) is 31.2. The van der Waals surface area contributed by atoms with Gasteiger partial charge in [-0.15, -0.1) is 0 Å². The van der Waals surface area contributed by atoms with Crippen LogP contribution in [0.25, 0.3) is 110 Å². The van der Waals surface area contributed by atoms with Gasteiger partial charge in [-0.05, 0) is 116 Å². The molecule has 13 aromatic rings. The van der Waals surface area contributed by atoms with Crippen LogP contribution in [0.3, 0.4) is 0 Å². The minimum Gasteiger partial charge on any atom is -0.454 e. The quantitative estimate of drug-likeness (QED) is 0.157. The molecule has 5 nitrogen and oxygen atoms in total. The van der Waals surface area contributed by atoms with Gasteiger partial charge in [-0.1, -0.05) is 127 Å². The van der Waals surface area contributed by atoms with Gasteiger partial charge in [0.1, 0.15) is 22.6 Å². The molecule has 0 aliphatic heterocycles. The number of nitrogens with zero attached hydrogens (tertiary/aromatic N) is 3. The van der Waals surface area contributed by atoms with Gasteiger partial charge in [0.25, 0.3) is 0 Å². The Balaban J connectivity index is 0.911. The lowest BCUT2D eigenvalue weighted by molar-refractivity contribution is 0.668. The van der Waals surface area contributed by atoms with Crippen molar-refractivity contribution in [2.45, 2.75) is 0 Å². The molecule has 9 aromatic carbocycles. The molecule has 0 aliphatic carbocycles. The van der Waals surface area contributed by atoms with Crippen molar-refractivity contribution in [3.05, 3.63) is 213 Å². The van der Waals surface area contributed by atoms with Crippen molar-refractivity contribution >= 4 is 93.3 Å². The molecule has 4 heterocycles. The maximum absolute atomic E-state index is 6.38. The number of hydrogen-bond acceptors (Lipinski definition) is 5. The number of para-hydroxylation sites is 2.